The Labute approximate surface area is 143 Å². The van der Waals surface area contributed by atoms with Crippen molar-refractivity contribution in [3.63, 3.8) is 0 Å². The second-order valence-corrected chi connectivity index (χ2v) is 5.52. The summed E-state index contributed by atoms with van der Waals surface area (Å²) in [6.07, 6.45) is 1.54. The SMILES string of the molecule is O=C(Nc1ccccc1)c1ccc(NC(=O)c2cc(Cl)c[nH]2)cc1. The van der Waals surface area contributed by atoms with E-state index in [4.69, 9.17) is 11.6 Å². The highest BCUT2D eigenvalue weighted by molar-refractivity contribution is 6.31. The molecular weight excluding hydrogens is 326 g/mol. The molecule has 1 heterocycles. The number of halogens is 1. The van der Waals surface area contributed by atoms with Crippen LogP contribution in [0.4, 0.5) is 11.4 Å². The Morgan fingerprint density at radius 1 is 0.833 bits per heavy atom. The van der Waals surface area contributed by atoms with E-state index >= 15 is 0 Å². The molecule has 0 radical (unpaired) electrons. The van der Waals surface area contributed by atoms with Crippen LogP contribution >= 0.6 is 11.6 Å². The molecule has 3 rings (SSSR count). The third-order valence-electron chi connectivity index (χ3n) is 3.33. The van der Waals surface area contributed by atoms with Crippen molar-refractivity contribution < 1.29 is 9.59 Å². The Morgan fingerprint density at radius 2 is 1.46 bits per heavy atom. The van der Waals surface area contributed by atoms with E-state index < -0.39 is 0 Å². The van der Waals surface area contributed by atoms with Crippen LogP contribution in [-0.4, -0.2) is 16.8 Å². The normalized spacial score (nSPS) is 10.2. The van der Waals surface area contributed by atoms with Crippen molar-refractivity contribution in [1.29, 1.82) is 0 Å². The van der Waals surface area contributed by atoms with Crippen LogP contribution in [0, 0.1) is 0 Å². The van der Waals surface area contributed by atoms with Crippen molar-refractivity contribution in [2.75, 3.05) is 10.6 Å². The van der Waals surface area contributed by atoms with Gasteiger partial charge in [-0.25, -0.2) is 0 Å². The van der Waals surface area contributed by atoms with Crippen LogP contribution in [0.5, 0.6) is 0 Å². The van der Waals surface area contributed by atoms with Crippen molar-refractivity contribution in [3.05, 3.63) is 83.1 Å². The molecule has 0 bridgehead atoms. The first kappa shape index (κ1) is 15.8. The molecule has 2 aromatic carbocycles. The summed E-state index contributed by atoms with van der Waals surface area (Å²) in [5.41, 5.74) is 2.18. The van der Waals surface area contributed by atoms with Crippen LogP contribution in [0.1, 0.15) is 20.8 Å². The number of aromatic amines is 1. The van der Waals surface area contributed by atoms with Gasteiger partial charge in [-0.05, 0) is 42.5 Å². The standard InChI is InChI=1S/C18H14ClN3O2/c19-13-10-16(20-11-13)18(24)22-15-8-6-12(7-9-15)17(23)21-14-4-2-1-3-5-14/h1-11,20H,(H,21,23)(H,22,24). The van der Waals surface area contributed by atoms with E-state index in [-0.39, 0.29) is 11.8 Å². The third-order valence-corrected chi connectivity index (χ3v) is 3.55. The van der Waals surface area contributed by atoms with E-state index in [1.54, 1.807) is 30.3 Å². The molecule has 0 aliphatic rings. The molecule has 0 unspecified atom stereocenters. The average molecular weight is 340 g/mol. The zero-order valence-electron chi connectivity index (χ0n) is 12.5. The maximum Gasteiger partial charge on any atom is 0.272 e. The van der Waals surface area contributed by atoms with Crippen molar-refractivity contribution >= 4 is 34.8 Å². The average Bonchev–Trinajstić information content (AvgIpc) is 3.03. The van der Waals surface area contributed by atoms with Crippen LogP contribution in [-0.2, 0) is 0 Å². The monoisotopic (exact) mass is 339 g/mol. The van der Waals surface area contributed by atoms with E-state index in [1.165, 1.54) is 6.20 Å². The van der Waals surface area contributed by atoms with E-state index in [0.717, 1.165) is 5.69 Å². The van der Waals surface area contributed by atoms with Gasteiger partial charge in [-0.3, -0.25) is 9.59 Å². The van der Waals surface area contributed by atoms with Crippen LogP contribution in [0.25, 0.3) is 0 Å². The molecule has 0 spiro atoms. The van der Waals surface area contributed by atoms with E-state index in [2.05, 4.69) is 15.6 Å². The van der Waals surface area contributed by atoms with E-state index in [9.17, 15) is 9.59 Å². The number of carbonyl (C=O) groups is 2. The summed E-state index contributed by atoms with van der Waals surface area (Å²) in [5, 5.41) is 5.99. The van der Waals surface area contributed by atoms with Gasteiger partial charge in [0.05, 0.1) is 5.02 Å². The van der Waals surface area contributed by atoms with Crippen LogP contribution in [0.15, 0.2) is 66.9 Å². The second kappa shape index (κ2) is 7.02. The maximum atomic E-state index is 12.2. The molecule has 6 heteroatoms. The van der Waals surface area contributed by atoms with Crippen molar-refractivity contribution in [1.82, 2.24) is 4.98 Å². The summed E-state index contributed by atoms with van der Waals surface area (Å²) in [4.78, 5) is 26.9. The zero-order valence-corrected chi connectivity index (χ0v) is 13.3. The number of anilines is 2. The van der Waals surface area contributed by atoms with Crippen LogP contribution in [0.3, 0.4) is 0 Å². The molecule has 0 fully saturated rings. The molecule has 120 valence electrons. The minimum atomic E-state index is -0.302. The lowest BCUT2D eigenvalue weighted by Gasteiger charge is -2.07. The third kappa shape index (κ3) is 3.83. The number of nitrogens with one attached hydrogen (secondary N) is 3. The minimum absolute atomic E-state index is 0.213. The van der Waals surface area contributed by atoms with Gasteiger partial charge in [0.15, 0.2) is 0 Å². The number of rotatable bonds is 4. The highest BCUT2D eigenvalue weighted by atomic mass is 35.5. The van der Waals surface area contributed by atoms with Gasteiger partial charge in [-0.2, -0.15) is 0 Å². The van der Waals surface area contributed by atoms with Gasteiger partial charge in [0.2, 0.25) is 0 Å². The molecule has 0 saturated heterocycles. The van der Waals surface area contributed by atoms with E-state index in [0.29, 0.717) is 22.0 Å². The van der Waals surface area contributed by atoms with Gasteiger partial charge in [0.25, 0.3) is 11.8 Å². The Morgan fingerprint density at radius 3 is 2.08 bits per heavy atom. The Balaban J connectivity index is 1.64. The van der Waals surface area contributed by atoms with Crippen molar-refractivity contribution in [2.45, 2.75) is 0 Å². The minimum Gasteiger partial charge on any atom is -0.356 e. The zero-order chi connectivity index (χ0) is 16.9. The summed E-state index contributed by atoms with van der Waals surface area (Å²) < 4.78 is 0. The number of benzene rings is 2. The molecule has 3 aromatic rings. The first-order valence-corrected chi connectivity index (χ1v) is 7.61. The largest absolute Gasteiger partial charge is 0.356 e. The fourth-order valence-electron chi connectivity index (χ4n) is 2.13. The fourth-order valence-corrected chi connectivity index (χ4v) is 2.29. The summed E-state index contributed by atoms with van der Waals surface area (Å²) in [6, 6.07) is 17.4. The number of H-pyrrole nitrogens is 1. The highest BCUT2D eigenvalue weighted by Crippen LogP contribution is 2.15. The predicted octanol–water partition coefficient (Wildman–Crippen LogP) is 4.17. The number of amides is 2. The number of aromatic nitrogens is 1. The molecule has 0 saturated carbocycles. The number of hydrogen-bond acceptors (Lipinski definition) is 2. The topological polar surface area (TPSA) is 74.0 Å². The first-order valence-electron chi connectivity index (χ1n) is 7.23. The molecule has 3 N–H and O–H groups in total. The number of carbonyl (C=O) groups excluding carboxylic acids is 2. The highest BCUT2D eigenvalue weighted by Gasteiger charge is 2.10. The Hall–Kier alpha value is -3.05. The molecule has 0 aliphatic carbocycles. The van der Waals surface area contributed by atoms with Crippen LogP contribution < -0.4 is 10.6 Å². The lowest BCUT2D eigenvalue weighted by atomic mass is 10.2. The van der Waals surface area contributed by atoms with Crippen molar-refractivity contribution in [2.24, 2.45) is 0 Å². The van der Waals surface area contributed by atoms with Crippen molar-refractivity contribution in [3.8, 4) is 0 Å². The first-order chi connectivity index (χ1) is 11.6. The molecular formula is C18H14ClN3O2. The molecule has 24 heavy (non-hydrogen) atoms. The lowest BCUT2D eigenvalue weighted by Crippen LogP contribution is -2.13. The van der Waals surface area contributed by atoms with Gasteiger partial charge in [-0.15, -0.1) is 0 Å². The predicted molar refractivity (Wildman–Crippen MR) is 94.6 cm³/mol. The van der Waals surface area contributed by atoms with Gasteiger partial charge in [-0.1, -0.05) is 29.8 Å². The van der Waals surface area contributed by atoms with Gasteiger partial charge >= 0.3 is 0 Å². The lowest BCUT2D eigenvalue weighted by molar-refractivity contribution is 0.101. The van der Waals surface area contributed by atoms with Gasteiger partial charge < -0.3 is 15.6 Å². The van der Waals surface area contributed by atoms with Gasteiger partial charge in [0.1, 0.15) is 5.69 Å². The maximum absolute atomic E-state index is 12.2. The smallest absolute Gasteiger partial charge is 0.272 e. The molecule has 1 aromatic heterocycles. The number of para-hydroxylation sites is 1. The summed E-state index contributed by atoms with van der Waals surface area (Å²) in [7, 11) is 0. The fraction of sp³-hybridized carbons (Fsp3) is 0. The Bertz CT molecular complexity index is 857. The Kier molecular flexibility index (Phi) is 4.63. The van der Waals surface area contributed by atoms with E-state index in [1.807, 2.05) is 30.3 Å². The molecule has 5 nitrogen and oxygen atoms in total. The summed E-state index contributed by atoms with van der Waals surface area (Å²) in [5.74, 6) is -0.515. The van der Waals surface area contributed by atoms with Crippen LogP contribution in [0.2, 0.25) is 5.02 Å². The molecule has 2 amide bonds. The number of hydrogen-bond donors (Lipinski definition) is 3. The molecule has 0 atom stereocenters. The van der Waals surface area contributed by atoms with Gasteiger partial charge in [0, 0.05) is 23.1 Å². The quantitative estimate of drug-likeness (QED) is 0.667. The summed E-state index contributed by atoms with van der Waals surface area (Å²) >= 11 is 5.77. The molecule has 0 aliphatic heterocycles. The summed E-state index contributed by atoms with van der Waals surface area (Å²) in [6.45, 7) is 0. The second-order valence-electron chi connectivity index (χ2n) is 5.08.